The van der Waals surface area contributed by atoms with Gasteiger partial charge in [0.1, 0.15) is 23.9 Å². The van der Waals surface area contributed by atoms with Gasteiger partial charge in [-0.2, -0.15) is 10.5 Å². The Bertz CT molecular complexity index is 873. The molecule has 142 valence electrons. The second-order valence-corrected chi connectivity index (χ2v) is 6.55. The molecule has 2 heterocycles. The number of nitrogens with zero attached hydrogens (tertiary/aromatic N) is 3. The number of amides is 1. The van der Waals surface area contributed by atoms with Gasteiger partial charge in [-0.25, -0.2) is 4.98 Å². The predicted molar refractivity (Wildman–Crippen MR) is 103 cm³/mol. The van der Waals surface area contributed by atoms with Gasteiger partial charge in [0.15, 0.2) is 0 Å². The van der Waals surface area contributed by atoms with Crippen LogP contribution in [0.1, 0.15) is 17.7 Å². The molecule has 1 aliphatic rings. The highest BCUT2D eigenvalue weighted by atomic mass is 16.5. The van der Waals surface area contributed by atoms with Crippen LogP contribution >= 0.6 is 0 Å². The number of ether oxygens (including phenoxy) is 1. The zero-order valence-electron chi connectivity index (χ0n) is 15.4. The summed E-state index contributed by atoms with van der Waals surface area (Å²) in [5.41, 5.74) is 3.20. The third kappa shape index (κ3) is 5.14. The number of rotatable bonds is 5. The fraction of sp³-hybridized carbons (Fsp3) is 0.333. The fourth-order valence-electron chi connectivity index (χ4n) is 2.98. The molecule has 3 rings (SSSR count). The number of carbonyl (C=O) groups excluding carboxylic acids is 1. The summed E-state index contributed by atoms with van der Waals surface area (Å²) in [4.78, 5) is 16.4. The minimum Gasteiger partial charge on any atom is -0.367 e. The van der Waals surface area contributed by atoms with Crippen molar-refractivity contribution in [1.29, 1.82) is 10.5 Å². The molecule has 0 unspecified atom stereocenters. The molecule has 7 nitrogen and oxygen atoms in total. The maximum atomic E-state index is 12.3. The Morgan fingerprint density at radius 3 is 2.71 bits per heavy atom. The lowest BCUT2D eigenvalue weighted by Crippen LogP contribution is -2.46. The van der Waals surface area contributed by atoms with Crippen LogP contribution in [0.5, 0.6) is 0 Å². The van der Waals surface area contributed by atoms with Crippen LogP contribution in [-0.4, -0.2) is 42.7 Å². The summed E-state index contributed by atoms with van der Waals surface area (Å²) >= 11 is 0. The SMILES string of the molecule is N#Cc1ccc(-c2ccc(C[C@@H](C#N)NC(=O)[C@@H]3CNCCCO3)cc2)cn1. The zero-order chi connectivity index (χ0) is 19.8. The highest BCUT2D eigenvalue weighted by molar-refractivity contribution is 5.81. The Kier molecular flexibility index (Phi) is 6.69. The van der Waals surface area contributed by atoms with Crippen LogP contribution in [-0.2, 0) is 16.0 Å². The van der Waals surface area contributed by atoms with E-state index in [-0.39, 0.29) is 5.91 Å². The standard InChI is InChI=1S/C21H21N5O2/c22-11-18-7-6-17(13-25-18)16-4-2-15(3-5-16)10-19(12-23)26-21(27)20-14-24-8-1-9-28-20/h2-7,13,19-20,24H,1,8-10,14H2,(H,26,27)/t19-,20-/m0/s1. The van der Waals surface area contributed by atoms with Gasteiger partial charge in [0.05, 0.1) is 6.07 Å². The average molecular weight is 375 g/mol. The molecule has 2 N–H and O–H groups in total. The Labute approximate surface area is 164 Å². The second kappa shape index (κ2) is 9.61. The van der Waals surface area contributed by atoms with Crippen molar-refractivity contribution in [3.63, 3.8) is 0 Å². The Hall–Kier alpha value is -3.26. The third-order valence-electron chi connectivity index (χ3n) is 4.52. The van der Waals surface area contributed by atoms with E-state index in [4.69, 9.17) is 10.00 Å². The lowest BCUT2D eigenvalue weighted by Gasteiger charge is -2.18. The van der Waals surface area contributed by atoms with Gasteiger partial charge in [-0.1, -0.05) is 24.3 Å². The fourth-order valence-corrected chi connectivity index (χ4v) is 2.98. The molecular weight excluding hydrogens is 354 g/mol. The number of pyridine rings is 1. The van der Waals surface area contributed by atoms with Gasteiger partial charge in [0.25, 0.3) is 5.91 Å². The first-order chi connectivity index (χ1) is 13.7. The topological polar surface area (TPSA) is 111 Å². The molecule has 7 heteroatoms. The number of hydrogen-bond acceptors (Lipinski definition) is 6. The molecule has 1 aromatic carbocycles. The largest absolute Gasteiger partial charge is 0.367 e. The first kappa shape index (κ1) is 19.5. The molecule has 2 atom stereocenters. The van der Waals surface area contributed by atoms with Crippen molar-refractivity contribution in [1.82, 2.24) is 15.6 Å². The van der Waals surface area contributed by atoms with Gasteiger partial charge in [-0.15, -0.1) is 0 Å². The van der Waals surface area contributed by atoms with Crippen molar-refractivity contribution < 1.29 is 9.53 Å². The number of carbonyl (C=O) groups is 1. The summed E-state index contributed by atoms with van der Waals surface area (Å²) < 4.78 is 5.53. The van der Waals surface area contributed by atoms with E-state index in [9.17, 15) is 10.1 Å². The maximum Gasteiger partial charge on any atom is 0.251 e. The van der Waals surface area contributed by atoms with Gasteiger partial charge in [0.2, 0.25) is 0 Å². The molecule has 1 aliphatic heterocycles. The number of benzene rings is 1. The summed E-state index contributed by atoms with van der Waals surface area (Å²) in [6.07, 6.45) is 2.37. The van der Waals surface area contributed by atoms with Gasteiger partial charge in [-0.3, -0.25) is 4.79 Å². The third-order valence-corrected chi connectivity index (χ3v) is 4.52. The molecule has 0 aliphatic carbocycles. The normalized spacial score (nSPS) is 17.6. The minimum absolute atomic E-state index is 0.263. The van der Waals surface area contributed by atoms with Gasteiger partial charge >= 0.3 is 0 Å². The van der Waals surface area contributed by atoms with Gasteiger partial charge in [-0.05, 0) is 36.2 Å². The molecule has 28 heavy (non-hydrogen) atoms. The van der Waals surface area contributed by atoms with Crippen LogP contribution < -0.4 is 10.6 Å². The molecule has 0 bridgehead atoms. The second-order valence-electron chi connectivity index (χ2n) is 6.55. The van der Waals surface area contributed by atoms with Crippen LogP contribution in [0.4, 0.5) is 0 Å². The average Bonchev–Trinajstić information content (AvgIpc) is 3.03. The van der Waals surface area contributed by atoms with E-state index >= 15 is 0 Å². The van der Waals surface area contributed by atoms with Crippen molar-refractivity contribution in [2.75, 3.05) is 19.7 Å². The lowest BCUT2D eigenvalue weighted by molar-refractivity contribution is -0.132. The van der Waals surface area contributed by atoms with Crippen LogP contribution in [0.25, 0.3) is 11.1 Å². The number of hydrogen-bond donors (Lipinski definition) is 2. The van der Waals surface area contributed by atoms with Crippen molar-refractivity contribution in [2.24, 2.45) is 0 Å². The summed E-state index contributed by atoms with van der Waals surface area (Å²) in [6, 6.07) is 14.8. The highest BCUT2D eigenvalue weighted by Crippen LogP contribution is 2.19. The molecule has 0 radical (unpaired) electrons. The van der Waals surface area contributed by atoms with E-state index in [1.165, 1.54) is 0 Å². The van der Waals surface area contributed by atoms with Crippen LogP contribution in [0, 0.1) is 22.7 Å². The van der Waals surface area contributed by atoms with E-state index < -0.39 is 12.1 Å². The molecule has 1 fully saturated rings. The van der Waals surface area contributed by atoms with Crippen LogP contribution in [0.15, 0.2) is 42.6 Å². The molecular formula is C21H21N5O2. The molecule has 1 saturated heterocycles. The molecule has 2 aromatic rings. The van der Waals surface area contributed by atoms with Gasteiger partial charge in [0, 0.05) is 31.3 Å². The smallest absolute Gasteiger partial charge is 0.251 e. The first-order valence-corrected chi connectivity index (χ1v) is 9.17. The van der Waals surface area contributed by atoms with E-state index in [1.807, 2.05) is 36.4 Å². The van der Waals surface area contributed by atoms with Crippen molar-refractivity contribution in [3.05, 3.63) is 53.9 Å². The number of nitrogens with one attached hydrogen (secondary N) is 2. The van der Waals surface area contributed by atoms with Crippen LogP contribution in [0.3, 0.4) is 0 Å². The predicted octanol–water partition coefficient (Wildman–Crippen LogP) is 1.55. The quantitative estimate of drug-likeness (QED) is 0.820. The maximum absolute atomic E-state index is 12.3. The summed E-state index contributed by atoms with van der Waals surface area (Å²) in [6.45, 7) is 1.82. The zero-order valence-corrected chi connectivity index (χ0v) is 15.4. The van der Waals surface area contributed by atoms with E-state index in [2.05, 4.69) is 21.7 Å². The Balaban J connectivity index is 1.60. The highest BCUT2D eigenvalue weighted by Gasteiger charge is 2.23. The van der Waals surface area contributed by atoms with E-state index in [0.717, 1.165) is 29.7 Å². The lowest BCUT2D eigenvalue weighted by atomic mass is 10.0. The molecule has 1 aromatic heterocycles. The van der Waals surface area contributed by atoms with E-state index in [0.29, 0.717) is 25.3 Å². The molecule has 1 amide bonds. The first-order valence-electron chi connectivity index (χ1n) is 9.17. The number of nitriles is 2. The summed E-state index contributed by atoms with van der Waals surface area (Å²) in [5, 5.41) is 24.2. The van der Waals surface area contributed by atoms with E-state index in [1.54, 1.807) is 12.3 Å². The van der Waals surface area contributed by atoms with Crippen molar-refractivity contribution in [3.8, 4) is 23.3 Å². The van der Waals surface area contributed by atoms with Crippen LogP contribution in [0.2, 0.25) is 0 Å². The Morgan fingerprint density at radius 2 is 2.04 bits per heavy atom. The minimum atomic E-state index is -0.623. The summed E-state index contributed by atoms with van der Waals surface area (Å²) in [7, 11) is 0. The molecule has 0 saturated carbocycles. The summed E-state index contributed by atoms with van der Waals surface area (Å²) in [5.74, 6) is -0.263. The monoisotopic (exact) mass is 375 g/mol. The van der Waals surface area contributed by atoms with Gasteiger partial charge < -0.3 is 15.4 Å². The molecule has 0 spiro atoms. The van der Waals surface area contributed by atoms with Crippen molar-refractivity contribution >= 4 is 5.91 Å². The van der Waals surface area contributed by atoms with Crippen molar-refractivity contribution in [2.45, 2.75) is 25.0 Å². The number of aromatic nitrogens is 1. The Morgan fingerprint density at radius 1 is 1.25 bits per heavy atom.